The van der Waals surface area contributed by atoms with Gasteiger partial charge in [0.25, 0.3) is 0 Å². The maximum absolute atomic E-state index is 6.40. The molecule has 0 aliphatic carbocycles. The molecule has 0 radical (unpaired) electrons. The molecule has 1 aliphatic heterocycles. The van der Waals surface area contributed by atoms with Crippen molar-refractivity contribution in [3.63, 3.8) is 0 Å². The zero-order valence-electron chi connectivity index (χ0n) is 9.44. The molecule has 1 heterocycles. The van der Waals surface area contributed by atoms with Crippen LogP contribution >= 0.6 is 12.4 Å². The summed E-state index contributed by atoms with van der Waals surface area (Å²) >= 11 is 0. The molecular weight excluding hydrogens is 226 g/mol. The van der Waals surface area contributed by atoms with Gasteiger partial charge in [-0.2, -0.15) is 0 Å². The number of benzene rings is 1. The Balaban J connectivity index is 0.00000128. The Morgan fingerprint density at radius 1 is 1.25 bits per heavy atom. The number of halogens is 1. The smallest absolute Gasteiger partial charge is 0.123 e. The van der Waals surface area contributed by atoms with Crippen molar-refractivity contribution in [3.8, 4) is 5.75 Å². The van der Waals surface area contributed by atoms with E-state index in [0.717, 1.165) is 37.4 Å². The number of rotatable bonds is 2. The minimum atomic E-state index is -0.287. The minimum absolute atomic E-state index is 0. The molecule has 2 rings (SSSR count). The summed E-state index contributed by atoms with van der Waals surface area (Å²) in [7, 11) is 1.68. The molecule has 90 valence electrons. The maximum Gasteiger partial charge on any atom is 0.123 e. The minimum Gasteiger partial charge on any atom is -0.496 e. The van der Waals surface area contributed by atoms with E-state index in [1.807, 2.05) is 24.3 Å². The summed E-state index contributed by atoms with van der Waals surface area (Å²) in [4.78, 5) is 0. The lowest BCUT2D eigenvalue weighted by atomic mass is 9.83. The van der Waals surface area contributed by atoms with Crippen molar-refractivity contribution in [2.24, 2.45) is 5.73 Å². The van der Waals surface area contributed by atoms with E-state index >= 15 is 0 Å². The second-order valence-electron chi connectivity index (χ2n) is 3.97. The number of hydrogen-bond acceptors (Lipinski definition) is 3. The lowest BCUT2D eigenvalue weighted by Gasteiger charge is -2.34. The largest absolute Gasteiger partial charge is 0.496 e. The van der Waals surface area contributed by atoms with E-state index in [1.165, 1.54) is 0 Å². The Bertz CT molecular complexity index is 338. The highest BCUT2D eigenvalue weighted by molar-refractivity contribution is 5.85. The molecule has 2 N–H and O–H groups in total. The second kappa shape index (κ2) is 5.53. The van der Waals surface area contributed by atoms with Crippen LogP contribution in [0.1, 0.15) is 18.4 Å². The summed E-state index contributed by atoms with van der Waals surface area (Å²) in [6.45, 7) is 1.46. The van der Waals surface area contributed by atoms with Crippen LogP contribution < -0.4 is 10.5 Å². The first-order chi connectivity index (χ1) is 7.26. The third-order valence-electron chi connectivity index (χ3n) is 3.03. The summed E-state index contributed by atoms with van der Waals surface area (Å²) in [6.07, 6.45) is 1.71. The van der Waals surface area contributed by atoms with Crippen LogP contribution in [0.15, 0.2) is 24.3 Å². The molecule has 1 aromatic rings. The summed E-state index contributed by atoms with van der Waals surface area (Å²) < 4.78 is 10.7. The summed E-state index contributed by atoms with van der Waals surface area (Å²) in [6, 6.07) is 7.97. The molecular formula is C12H18ClNO2. The predicted molar refractivity (Wildman–Crippen MR) is 66.2 cm³/mol. The third-order valence-corrected chi connectivity index (χ3v) is 3.03. The van der Waals surface area contributed by atoms with Crippen molar-refractivity contribution in [2.45, 2.75) is 18.4 Å². The highest BCUT2D eigenvalue weighted by atomic mass is 35.5. The van der Waals surface area contributed by atoms with Crippen molar-refractivity contribution in [1.82, 2.24) is 0 Å². The van der Waals surface area contributed by atoms with Crippen LogP contribution in [0.4, 0.5) is 0 Å². The first-order valence-corrected chi connectivity index (χ1v) is 5.26. The maximum atomic E-state index is 6.40. The number of nitrogens with two attached hydrogens (primary N) is 1. The van der Waals surface area contributed by atoms with Gasteiger partial charge in [-0.3, -0.25) is 0 Å². The molecule has 3 nitrogen and oxygen atoms in total. The van der Waals surface area contributed by atoms with Gasteiger partial charge in [0.05, 0.1) is 7.11 Å². The monoisotopic (exact) mass is 243 g/mol. The first kappa shape index (κ1) is 13.3. The van der Waals surface area contributed by atoms with Crippen LogP contribution in [-0.2, 0) is 10.3 Å². The van der Waals surface area contributed by atoms with Crippen molar-refractivity contribution in [2.75, 3.05) is 20.3 Å². The van der Waals surface area contributed by atoms with Gasteiger partial charge in [0.15, 0.2) is 0 Å². The SMILES string of the molecule is COc1ccccc1C1(N)CCOCC1.Cl. The van der Waals surface area contributed by atoms with Crippen LogP contribution in [0, 0.1) is 0 Å². The van der Waals surface area contributed by atoms with Crippen LogP contribution in [0.2, 0.25) is 0 Å². The summed E-state index contributed by atoms with van der Waals surface area (Å²) in [5.41, 5.74) is 7.20. The fourth-order valence-electron chi connectivity index (χ4n) is 2.06. The Hall–Kier alpha value is -0.770. The predicted octanol–water partition coefficient (Wildman–Crippen LogP) is 2.08. The highest BCUT2D eigenvalue weighted by Gasteiger charge is 2.32. The molecule has 0 atom stereocenters. The zero-order chi connectivity index (χ0) is 10.7. The number of hydrogen-bond donors (Lipinski definition) is 1. The van der Waals surface area contributed by atoms with Gasteiger partial charge in [0.2, 0.25) is 0 Å². The van der Waals surface area contributed by atoms with Crippen LogP contribution in [0.25, 0.3) is 0 Å². The highest BCUT2D eigenvalue weighted by Crippen LogP contribution is 2.34. The normalized spacial score (nSPS) is 18.6. The standard InChI is InChI=1S/C12H17NO2.ClH/c1-14-11-5-3-2-4-10(11)12(13)6-8-15-9-7-12;/h2-5H,6-9,13H2,1H3;1H. The quantitative estimate of drug-likeness (QED) is 0.865. The average molecular weight is 244 g/mol. The molecule has 0 amide bonds. The van der Waals surface area contributed by atoms with Crippen LogP contribution in [0.5, 0.6) is 5.75 Å². The molecule has 0 unspecified atom stereocenters. The van der Waals surface area contributed by atoms with E-state index in [-0.39, 0.29) is 17.9 Å². The molecule has 1 fully saturated rings. The fourth-order valence-corrected chi connectivity index (χ4v) is 2.06. The van der Waals surface area contributed by atoms with Gasteiger partial charge < -0.3 is 15.2 Å². The van der Waals surface area contributed by atoms with Gasteiger partial charge in [-0.05, 0) is 18.9 Å². The second-order valence-corrected chi connectivity index (χ2v) is 3.97. The Labute approximate surface area is 102 Å². The van der Waals surface area contributed by atoms with E-state index < -0.39 is 0 Å². The van der Waals surface area contributed by atoms with Crippen LogP contribution in [0.3, 0.4) is 0 Å². The Kier molecular flexibility index (Phi) is 4.59. The molecule has 1 aromatic carbocycles. The lowest BCUT2D eigenvalue weighted by molar-refractivity contribution is 0.0514. The molecule has 0 spiro atoms. The van der Waals surface area contributed by atoms with Crippen molar-refractivity contribution < 1.29 is 9.47 Å². The fraction of sp³-hybridized carbons (Fsp3) is 0.500. The molecule has 16 heavy (non-hydrogen) atoms. The lowest BCUT2D eigenvalue weighted by Crippen LogP contribution is -2.42. The van der Waals surface area contributed by atoms with Gasteiger partial charge in [-0.15, -0.1) is 12.4 Å². The Morgan fingerprint density at radius 3 is 2.50 bits per heavy atom. The van der Waals surface area contributed by atoms with Crippen molar-refractivity contribution in [1.29, 1.82) is 0 Å². The molecule has 1 saturated heterocycles. The van der Waals surface area contributed by atoms with Crippen molar-refractivity contribution in [3.05, 3.63) is 29.8 Å². The Morgan fingerprint density at radius 2 is 1.88 bits per heavy atom. The first-order valence-electron chi connectivity index (χ1n) is 5.26. The number of methoxy groups -OCH3 is 1. The van der Waals surface area contributed by atoms with Crippen molar-refractivity contribution >= 4 is 12.4 Å². The van der Waals surface area contributed by atoms with Gasteiger partial charge >= 0.3 is 0 Å². The van der Waals surface area contributed by atoms with Gasteiger partial charge in [0.1, 0.15) is 5.75 Å². The average Bonchev–Trinajstić information content (AvgIpc) is 2.30. The van der Waals surface area contributed by atoms with Gasteiger partial charge in [-0.1, -0.05) is 18.2 Å². The topological polar surface area (TPSA) is 44.5 Å². The molecule has 1 aliphatic rings. The van der Waals surface area contributed by atoms with E-state index in [9.17, 15) is 0 Å². The van der Waals surface area contributed by atoms with Gasteiger partial charge in [-0.25, -0.2) is 0 Å². The van der Waals surface area contributed by atoms with E-state index in [0.29, 0.717) is 0 Å². The summed E-state index contributed by atoms with van der Waals surface area (Å²) in [5.74, 6) is 0.877. The molecule has 0 bridgehead atoms. The van der Waals surface area contributed by atoms with E-state index in [4.69, 9.17) is 15.2 Å². The molecule has 0 aromatic heterocycles. The van der Waals surface area contributed by atoms with E-state index in [1.54, 1.807) is 7.11 Å². The molecule has 4 heteroatoms. The number of para-hydroxylation sites is 1. The van der Waals surface area contributed by atoms with Crippen LogP contribution in [-0.4, -0.2) is 20.3 Å². The summed E-state index contributed by atoms with van der Waals surface area (Å²) in [5, 5.41) is 0. The van der Waals surface area contributed by atoms with E-state index in [2.05, 4.69) is 0 Å². The molecule has 0 saturated carbocycles. The zero-order valence-corrected chi connectivity index (χ0v) is 10.3. The third kappa shape index (κ3) is 2.48. The van der Waals surface area contributed by atoms with Gasteiger partial charge in [0, 0.05) is 24.3 Å². The number of ether oxygens (including phenoxy) is 2.